The average Bonchev–Trinajstić information content (AvgIpc) is 1.12. The smallest absolute Gasteiger partial charge is 0.0431 e. The molecule has 0 nitrogen and oxygen atoms in total. The second kappa shape index (κ2) is 51.6. The van der Waals surface area contributed by atoms with Crippen molar-refractivity contribution < 1.29 is 0 Å². The number of fused-ring (bicyclic) bond motifs is 24. The summed E-state index contributed by atoms with van der Waals surface area (Å²) in [5.74, 6) is 0. The third kappa shape index (κ3) is 26.1. The molecule has 7 aromatic carbocycles. The third-order valence-corrected chi connectivity index (χ3v) is 35.4. The maximum Gasteiger partial charge on any atom is 0.0431 e. The van der Waals surface area contributed by atoms with E-state index in [1.54, 1.807) is 29.3 Å². The Kier molecular flexibility index (Phi) is 40.2. The highest BCUT2D eigenvalue weighted by molar-refractivity contribution is 7.24. The molecule has 0 spiro atoms. The number of aryl methyl sites for hydroxylation is 6. The first kappa shape index (κ1) is 93.5. The number of rotatable bonds is 66. The van der Waals surface area contributed by atoms with Gasteiger partial charge in [-0.1, -0.05) is 388 Å². The summed E-state index contributed by atoms with van der Waals surface area (Å²) in [5, 5.41) is 26.9. The first-order valence-electron chi connectivity index (χ1n) is 51.7. The molecule has 6 heterocycles. The van der Waals surface area contributed by atoms with Crippen LogP contribution in [0.3, 0.4) is 0 Å². The van der Waals surface area contributed by atoms with Gasteiger partial charge in [0.2, 0.25) is 0 Å². The van der Waals surface area contributed by atoms with Gasteiger partial charge in [-0.05, 0) is 182 Å². The molecule has 0 unspecified atom stereocenters. The normalized spacial score (nSPS) is 12.4. The minimum atomic E-state index is 1.20. The Morgan fingerprint density at radius 3 is 0.333 bits per heavy atom. The van der Waals surface area contributed by atoms with Crippen LogP contribution in [-0.2, 0) is 38.5 Å². The first-order valence-corrected chi connectivity index (χ1v) is 56.6. The van der Waals surface area contributed by atoms with Crippen LogP contribution in [0.15, 0.2) is 72.8 Å². The predicted molar refractivity (Wildman–Crippen MR) is 557 cm³/mol. The predicted octanol–water partition coefficient (Wildman–Crippen LogP) is 42.7. The Morgan fingerprint density at radius 2 is 0.217 bits per heavy atom. The van der Waals surface area contributed by atoms with E-state index in [0.29, 0.717) is 0 Å². The summed E-state index contributed by atoms with van der Waals surface area (Å²) in [6.07, 6.45) is 90.2. The van der Waals surface area contributed by atoms with Crippen molar-refractivity contribution in [2.24, 2.45) is 0 Å². The summed E-state index contributed by atoms with van der Waals surface area (Å²) < 4.78 is 9.22. The summed E-state index contributed by atoms with van der Waals surface area (Å²) >= 11 is 13.0. The molecule has 0 radical (unpaired) electrons. The minimum Gasteiger partial charge on any atom is -0.140 e. The van der Waals surface area contributed by atoms with Gasteiger partial charge < -0.3 is 0 Å². The molecule has 0 amide bonds. The molecule has 0 N–H and O–H groups in total. The van der Waals surface area contributed by atoms with Gasteiger partial charge >= 0.3 is 0 Å². The van der Waals surface area contributed by atoms with Crippen LogP contribution in [0.5, 0.6) is 0 Å². The molecule has 0 bridgehead atoms. The van der Waals surface area contributed by atoms with E-state index in [1.807, 2.05) is 0 Å². The fourth-order valence-corrected chi connectivity index (χ4v) is 28.2. The zero-order valence-electron chi connectivity index (χ0n) is 77.0. The molecular weight excluding hydrogens is 1560 g/mol. The lowest BCUT2D eigenvalue weighted by molar-refractivity contribution is 0.557. The van der Waals surface area contributed by atoms with Crippen LogP contribution in [0.4, 0.5) is 0 Å². The van der Waals surface area contributed by atoms with Crippen molar-refractivity contribution in [3.8, 4) is 0 Å². The second-order valence-corrected chi connectivity index (χ2v) is 45.0. The molecule has 0 saturated heterocycles. The molecule has 0 atom stereocenters. The van der Waals surface area contributed by atoms with E-state index >= 15 is 0 Å². The molecule has 13 rings (SSSR count). The van der Waals surface area contributed by atoms with Gasteiger partial charge in [0.05, 0.1) is 0 Å². The number of hydrogen-bond donors (Lipinski definition) is 0. The average molecular weight is 1720 g/mol. The molecule has 0 fully saturated rings. The number of benzene rings is 7. The van der Waals surface area contributed by atoms with Crippen LogP contribution >= 0.6 is 68.0 Å². The molecule has 0 aliphatic heterocycles. The van der Waals surface area contributed by atoms with Crippen molar-refractivity contribution in [1.29, 1.82) is 0 Å². The van der Waals surface area contributed by atoms with E-state index in [4.69, 9.17) is 0 Å². The summed E-state index contributed by atoms with van der Waals surface area (Å²) in [6.45, 7) is 14.1. The Hall–Kier alpha value is -4.14. The monoisotopic (exact) mass is 1720 g/mol. The summed E-state index contributed by atoms with van der Waals surface area (Å²) in [5.41, 5.74) is 0. The van der Waals surface area contributed by atoms with Crippen LogP contribution < -0.4 is 0 Å². The van der Waals surface area contributed by atoms with E-state index in [-0.39, 0.29) is 0 Å². The van der Waals surface area contributed by atoms with Gasteiger partial charge in [0.25, 0.3) is 0 Å². The quantitative estimate of drug-likeness (QED) is 0.0202. The lowest BCUT2D eigenvalue weighted by Crippen LogP contribution is -1.88. The van der Waals surface area contributed by atoms with Crippen LogP contribution in [0.2, 0.25) is 0 Å². The molecule has 120 heavy (non-hydrogen) atoms. The molecule has 6 aromatic heterocycles. The second-order valence-electron chi connectivity index (χ2n) is 38.2. The van der Waals surface area contributed by atoms with Crippen LogP contribution in [0.1, 0.15) is 456 Å². The van der Waals surface area contributed by atoms with Gasteiger partial charge in [-0.2, -0.15) is 0 Å². The van der Waals surface area contributed by atoms with Crippen molar-refractivity contribution in [3.63, 3.8) is 0 Å². The Balaban J connectivity index is 0.953. The highest BCUT2D eigenvalue weighted by Crippen LogP contribution is 2.53. The van der Waals surface area contributed by atoms with Crippen molar-refractivity contribution in [1.82, 2.24) is 0 Å². The molecule has 0 aliphatic rings. The standard InChI is InChI=1S/C114H162S6/c1-7-13-19-25-31-37-43-49-55-61-67-85-73-97-98-74-86(68-62-56-50-44-38-32-26-20-14-8-2)116-110(98)104-80-92-91(79-103(104)109(97)115-85)93-81-105-107(113-100(76-89(119-113)71-65-59-53-47-41-35-29-23-17-11-5)99-75-87(117-111(99)105)69-63-57-51-45-39-33-27-21-15-9-3)83-95(93)96-84-108-106(82-94(92)96)112-101(77-88(118-112)70-64-58-52-46-40-34-28-22-16-10-4)102-78-90(120-114(102)108)72-66-60-54-48-42-36-30-24-18-12-6/h73-84H,7-72H2,1-6H3. The fourth-order valence-electron chi connectivity index (χ4n) is 20.8. The Morgan fingerprint density at radius 1 is 0.117 bits per heavy atom. The van der Waals surface area contributed by atoms with Gasteiger partial charge in [-0.3, -0.25) is 0 Å². The Bertz CT molecular complexity index is 4320. The van der Waals surface area contributed by atoms with Gasteiger partial charge in [-0.15, -0.1) is 68.0 Å². The van der Waals surface area contributed by atoms with Crippen molar-refractivity contribution in [2.75, 3.05) is 0 Å². The van der Waals surface area contributed by atoms with E-state index in [0.717, 1.165) is 0 Å². The van der Waals surface area contributed by atoms with Crippen LogP contribution in [0, 0.1) is 0 Å². The first-order chi connectivity index (χ1) is 59.4. The zero-order valence-corrected chi connectivity index (χ0v) is 81.9. The molecule has 654 valence electrons. The van der Waals surface area contributed by atoms with Crippen LogP contribution in [0.25, 0.3) is 125 Å². The van der Waals surface area contributed by atoms with Gasteiger partial charge in [0.1, 0.15) is 0 Å². The SMILES string of the molecule is CCCCCCCCCCCCc1cc2c3cc(CCCCCCCCCCCC)sc3c3cc4c(cc3c2s1)c1cc2c(cc1c1cc3c(cc41)c1sc(CCCCCCCCCCCC)cc1c1cc(CCCCCCCCCCCC)sc13)c1sc(CCCCCCCCCCCC)cc1c1cc(CCCCCCCCCCCC)sc12. The summed E-state index contributed by atoms with van der Waals surface area (Å²) in [4.78, 5) is 9.59. The topological polar surface area (TPSA) is 0 Å². The van der Waals surface area contributed by atoms with E-state index in [2.05, 4.69) is 182 Å². The number of hydrogen-bond acceptors (Lipinski definition) is 6. The highest BCUT2D eigenvalue weighted by Gasteiger charge is 2.25. The lowest BCUT2D eigenvalue weighted by atomic mass is 9.88. The fraction of sp³-hybridized carbons (Fsp3) is 0.632. The zero-order chi connectivity index (χ0) is 82.7. The van der Waals surface area contributed by atoms with Gasteiger partial charge in [0, 0.05) is 122 Å². The van der Waals surface area contributed by atoms with E-state index < -0.39 is 0 Å². The lowest BCUT2D eigenvalue weighted by Gasteiger charge is -2.16. The maximum absolute atomic E-state index is 2.80. The highest BCUT2D eigenvalue weighted by atomic mass is 32.1. The van der Waals surface area contributed by atoms with Crippen molar-refractivity contribution >= 4 is 193 Å². The number of thiophene rings is 6. The van der Waals surface area contributed by atoms with Gasteiger partial charge in [0.15, 0.2) is 0 Å². The molecular formula is C114H162S6. The maximum atomic E-state index is 2.80. The molecule has 13 aromatic rings. The molecule has 6 heteroatoms. The largest absolute Gasteiger partial charge is 0.140 e. The van der Waals surface area contributed by atoms with Gasteiger partial charge in [-0.25, -0.2) is 0 Å². The molecule has 0 saturated carbocycles. The molecule has 0 aliphatic carbocycles. The minimum absolute atomic E-state index is 1.20. The van der Waals surface area contributed by atoms with E-state index in [1.165, 1.54) is 549 Å². The summed E-state index contributed by atoms with van der Waals surface area (Å²) in [6, 6.07) is 33.1. The Labute approximate surface area is 754 Å². The third-order valence-electron chi connectivity index (χ3n) is 28.0. The van der Waals surface area contributed by atoms with E-state index in [9.17, 15) is 0 Å². The van der Waals surface area contributed by atoms with Crippen molar-refractivity contribution in [2.45, 2.75) is 465 Å². The summed E-state index contributed by atoms with van der Waals surface area (Å²) in [7, 11) is 0. The van der Waals surface area contributed by atoms with Crippen LogP contribution in [-0.4, -0.2) is 0 Å². The number of unbranched alkanes of at least 4 members (excludes halogenated alkanes) is 54. The van der Waals surface area contributed by atoms with Crippen molar-refractivity contribution in [3.05, 3.63) is 102 Å².